The number of aliphatic hydroxyl groups excluding tert-OH is 1. The first-order valence-corrected chi connectivity index (χ1v) is 13.0. The van der Waals surface area contributed by atoms with E-state index < -0.39 is 0 Å². The minimum atomic E-state index is 0. The number of rotatable bonds is 6. The van der Waals surface area contributed by atoms with Gasteiger partial charge in [0.25, 0.3) is 0 Å². The summed E-state index contributed by atoms with van der Waals surface area (Å²) in [7, 11) is 0. The van der Waals surface area contributed by atoms with Crippen LogP contribution in [0.3, 0.4) is 0 Å². The Labute approximate surface area is 180 Å². The Bertz CT molecular complexity index is 533. The van der Waals surface area contributed by atoms with Gasteiger partial charge in [-0.2, -0.15) is 0 Å². The van der Waals surface area contributed by atoms with Crippen LogP contribution in [0.4, 0.5) is 0 Å². The first-order chi connectivity index (χ1) is 13.4. The van der Waals surface area contributed by atoms with E-state index in [1.807, 2.05) is 0 Å². The summed E-state index contributed by atoms with van der Waals surface area (Å²) in [6.07, 6.45) is 19.2. The summed E-state index contributed by atoms with van der Waals surface area (Å²) in [4.78, 5) is 0. The summed E-state index contributed by atoms with van der Waals surface area (Å²) in [5.41, 5.74) is 1.31. The molecule has 4 rings (SSSR count). The topological polar surface area (TPSA) is 51.7 Å². The predicted octanol–water partition coefficient (Wildman–Crippen LogP) is 6.65. The van der Waals surface area contributed by atoms with Crippen LogP contribution in [-0.4, -0.2) is 17.2 Å². The zero-order chi connectivity index (χ0) is 19.9. The van der Waals surface area contributed by atoms with Gasteiger partial charge in [0, 0.05) is 6.61 Å². The molecule has 0 radical (unpaired) electrons. The van der Waals surface area contributed by atoms with Gasteiger partial charge in [0.15, 0.2) is 0 Å². The Morgan fingerprint density at radius 2 is 1.59 bits per heavy atom. The minimum Gasteiger partial charge on any atom is -0.412 e. The maximum Gasteiger partial charge on any atom is 0.0456 e. The van der Waals surface area contributed by atoms with E-state index in [9.17, 15) is 5.11 Å². The first kappa shape index (κ1) is 23.6. The number of fused-ring (bicyclic) bond motifs is 5. The Balaban J connectivity index is 0.00000240. The molecule has 4 aliphatic carbocycles. The van der Waals surface area contributed by atoms with Crippen molar-refractivity contribution in [2.45, 2.75) is 111 Å². The number of hydrogen-bond acceptors (Lipinski definition) is 1. The summed E-state index contributed by atoms with van der Waals surface area (Å²) in [6.45, 7) is 10.6. The highest BCUT2D eigenvalue weighted by atomic mass is 16.3. The van der Waals surface area contributed by atoms with Crippen molar-refractivity contribution < 1.29 is 10.6 Å². The monoisotopic (exact) mass is 406 g/mol. The van der Waals surface area contributed by atoms with Crippen molar-refractivity contribution in [3.63, 3.8) is 0 Å². The molecule has 2 nitrogen and oxygen atoms in total. The second-order valence-electron chi connectivity index (χ2n) is 12.3. The lowest BCUT2D eigenvalue weighted by Crippen LogP contribution is -2.53. The van der Waals surface area contributed by atoms with E-state index in [4.69, 9.17) is 0 Å². The third-order valence-corrected chi connectivity index (χ3v) is 11.0. The zero-order valence-corrected chi connectivity index (χ0v) is 19.9. The van der Waals surface area contributed by atoms with Crippen LogP contribution in [0.25, 0.3) is 0 Å². The molecule has 0 aliphatic heterocycles. The molecule has 0 aromatic carbocycles. The summed E-state index contributed by atoms with van der Waals surface area (Å²) in [5.74, 6) is 6.49. The molecule has 2 unspecified atom stereocenters. The maximum atomic E-state index is 9.32. The van der Waals surface area contributed by atoms with E-state index in [0.717, 1.165) is 35.5 Å². The quantitative estimate of drug-likeness (QED) is 0.527. The molecule has 9 atom stereocenters. The second kappa shape index (κ2) is 9.19. The molecule has 0 aromatic heterocycles. The molecule has 2 heteroatoms. The normalized spacial score (nSPS) is 46.0. The van der Waals surface area contributed by atoms with E-state index in [1.54, 1.807) is 12.8 Å². The van der Waals surface area contributed by atoms with Gasteiger partial charge in [0.05, 0.1) is 0 Å². The molecule has 0 aromatic rings. The van der Waals surface area contributed by atoms with Gasteiger partial charge < -0.3 is 10.6 Å². The summed E-state index contributed by atoms with van der Waals surface area (Å²) < 4.78 is 0. The van der Waals surface area contributed by atoms with Crippen molar-refractivity contribution in [2.75, 3.05) is 6.61 Å². The van der Waals surface area contributed by atoms with Crippen molar-refractivity contribution in [1.29, 1.82) is 0 Å². The predicted molar refractivity (Wildman–Crippen MR) is 123 cm³/mol. The van der Waals surface area contributed by atoms with Crippen LogP contribution in [0.2, 0.25) is 0 Å². The van der Waals surface area contributed by atoms with Crippen LogP contribution in [0.1, 0.15) is 111 Å². The molecule has 29 heavy (non-hydrogen) atoms. The van der Waals surface area contributed by atoms with E-state index in [0.29, 0.717) is 23.4 Å². The van der Waals surface area contributed by atoms with Gasteiger partial charge >= 0.3 is 0 Å². The van der Waals surface area contributed by atoms with Gasteiger partial charge in [-0.3, -0.25) is 0 Å². The minimum absolute atomic E-state index is 0. The van der Waals surface area contributed by atoms with Gasteiger partial charge in [0.2, 0.25) is 0 Å². The third kappa shape index (κ3) is 4.07. The van der Waals surface area contributed by atoms with Gasteiger partial charge in [-0.1, -0.05) is 53.4 Å². The van der Waals surface area contributed by atoms with Crippen molar-refractivity contribution in [1.82, 2.24) is 0 Å². The fraction of sp³-hybridized carbons (Fsp3) is 1.00. The van der Waals surface area contributed by atoms with Crippen LogP contribution >= 0.6 is 0 Å². The van der Waals surface area contributed by atoms with E-state index >= 15 is 0 Å². The maximum absolute atomic E-state index is 9.32. The summed E-state index contributed by atoms with van der Waals surface area (Å²) in [5, 5.41) is 9.32. The van der Waals surface area contributed by atoms with Crippen molar-refractivity contribution in [3.05, 3.63) is 0 Å². The fourth-order valence-electron chi connectivity index (χ4n) is 9.35. The highest BCUT2D eigenvalue weighted by Gasteiger charge is 2.59. The Hall–Kier alpha value is -0.0800. The lowest BCUT2D eigenvalue weighted by molar-refractivity contribution is -0.114. The lowest BCUT2D eigenvalue weighted by Gasteiger charge is -2.61. The van der Waals surface area contributed by atoms with E-state index in [-0.39, 0.29) is 5.48 Å². The molecular weight excluding hydrogens is 356 g/mol. The van der Waals surface area contributed by atoms with Gasteiger partial charge in [0.1, 0.15) is 0 Å². The average Bonchev–Trinajstić information content (AvgIpc) is 3.04. The smallest absolute Gasteiger partial charge is 0.0456 e. The lowest BCUT2D eigenvalue weighted by atomic mass is 9.44. The Morgan fingerprint density at radius 3 is 2.34 bits per heavy atom. The molecule has 0 heterocycles. The van der Waals surface area contributed by atoms with Gasteiger partial charge in [-0.15, -0.1) is 0 Å². The van der Waals surface area contributed by atoms with Crippen LogP contribution in [0, 0.1) is 52.3 Å². The Morgan fingerprint density at radius 1 is 0.828 bits per heavy atom. The van der Waals surface area contributed by atoms with Gasteiger partial charge in [-0.05, 0) is 110 Å². The van der Waals surface area contributed by atoms with E-state index in [2.05, 4.69) is 27.7 Å². The van der Waals surface area contributed by atoms with Crippen LogP contribution in [-0.2, 0) is 0 Å². The summed E-state index contributed by atoms with van der Waals surface area (Å²) in [6, 6.07) is 0. The highest BCUT2D eigenvalue weighted by molar-refractivity contribution is 5.09. The van der Waals surface area contributed by atoms with Crippen LogP contribution < -0.4 is 0 Å². The standard InChI is InChI=1S/C27H48O.H2O/c1-19(18-28)8-7-9-20(2)23-13-14-24-22-12-11-21-10-5-6-16-26(21,3)25(22)15-17-27(23,24)4;/h19-25,28H,5-18H2,1-4H3;1H2/t19?,20-,21?,22+,23-,24+,25+,26+,27-;/m1./s1. The molecule has 4 saturated carbocycles. The SMILES string of the molecule is CC(CO)CCC[C@@H](C)[C@H]1CC[C@H]2[C@@H]3CCC4CCCC[C@]4(C)[C@H]3CC[C@]12C.O. The van der Waals surface area contributed by atoms with Crippen molar-refractivity contribution in [2.24, 2.45) is 52.3 Å². The molecule has 170 valence electrons. The number of aliphatic hydroxyl groups is 1. The number of hydrogen-bond donors (Lipinski definition) is 1. The van der Waals surface area contributed by atoms with Gasteiger partial charge in [-0.25, -0.2) is 0 Å². The largest absolute Gasteiger partial charge is 0.412 e. The van der Waals surface area contributed by atoms with Crippen molar-refractivity contribution in [3.8, 4) is 0 Å². The van der Waals surface area contributed by atoms with E-state index in [1.165, 1.54) is 70.6 Å². The second-order valence-corrected chi connectivity index (χ2v) is 12.3. The molecule has 4 aliphatic rings. The van der Waals surface area contributed by atoms with Crippen LogP contribution in [0.15, 0.2) is 0 Å². The molecule has 0 bridgehead atoms. The molecule has 0 amide bonds. The van der Waals surface area contributed by atoms with Crippen LogP contribution in [0.5, 0.6) is 0 Å². The fourth-order valence-corrected chi connectivity index (χ4v) is 9.35. The first-order valence-electron chi connectivity index (χ1n) is 13.0. The van der Waals surface area contributed by atoms with Crippen molar-refractivity contribution >= 4 is 0 Å². The third-order valence-electron chi connectivity index (χ3n) is 11.0. The average molecular weight is 407 g/mol. The summed E-state index contributed by atoms with van der Waals surface area (Å²) >= 11 is 0. The molecule has 4 fully saturated rings. The zero-order valence-electron chi connectivity index (χ0n) is 19.9. The molecular formula is C27H50O2. The highest BCUT2D eigenvalue weighted by Crippen LogP contribution is 2.68. The molecule has 0 spiro atoms. The Kier molecular flexibility index (Phi) is 7.47. The molecule has 3 N–H and O–H groups in total. The molecule has 0 saturated heterocycles.